The zero-order valence-electron chi connectivity index (χ0n) is 9.43. The van der Waals surface area contributed by atoms with E-state index in [4.69, 9.17) is 9.52 Å². The Morgan fingerprint density at radius 3 is 2.72 bits per heavy atom. The quantitative estimate of drug-likeness (QED) is 0.861. The Morgan fingerprint density at radius 2 is 2.17 bits per heavy atom. The number of carboxylic acids is 1. The van der Waals surface area contributed by atoms with Gasteiger partial charge in [-0.15, -0.1) is 0 Å². The Hall–Kier alpha value is -1.57. The van der Waals surface area contributed by atoms with Crippen LogP contribution in [0.25, 0.3) is 0 Å². The highest BCUT2D eigenvalue weighted by Crippen LogP contribution is 2.21. The van der Waals surface area contributed by atoms with Crippen LogP contribution >= 0.6 is 11.8 Å². The van der Waals surface area contributed by atoms with Crippen molar-refractivity contribution < 1.29 is 27.9 Å². The molecular formula is C10H11F2NO4S. The van der Waals surface area contributed by atoms with Crippen LogP contribution in [-0.4, -0.2) is 41.2 Å². The zero-order valence-corrected chi connectivity index (χ0v) is 10.2. The Morgan fingerprint density at radius 1 is 1.50 bits per heavy atom. The summed E-state index contributed by atoms with van der Waals surface area (Å²) in [7, 11) is 1.31. The summed E-state index contributed by atoms with van der Waals surface area (Å²) in [5.41, 5.74) is 0. The maximum absolute atomic E-state index is 11.9. The molecular weight excluding hydrogens is 268 g/mol. The smallest absolute Gasteiger partial charge is 0.323 e. The van der Waals surface area contributed by atoms with Crippen LogP contribution in [0.3, 0.4) is 0 Å². The van der Waals surface area contributed by atoms with Crippen molar-refractivity contribution in [3.63, 3.8) is 0 Å². The van der Waals surface area contributed by atoms with Gasteiger partial charge in [0.1, 0.15) is 12.3 Å². The molecule has 0 spiro atoms. The van der Waals surface area contributed by atoms with Crippen molar-refractivity contribution in [2.24, 2.45) is 0 Å². The number of nitrogens with zero attached hydrogens (tertiary/aromatic N) is 1. The summed E-state index contributed by atoms with van der Waals surface area (Å²) in [5, 5.41) is 8.52. The van der Waals surface area contributed by atoms with Crippen LogP contribution in [0.15, 0.2) is 16.5 Å². The summed E-state index contributed by atoms with van der Waals surface area (Å²) in [4.78, 5) is 23.0. The minimum absolute atomic E-state index is 0.0480. The fraction of sp³-hybridized carbons (Fsp3) is 0.400. The van der Waals surface area contributed by atoms with Crippen LogP contribution in [0.1, 0.15) is 16.3 Å². The number of furan rings is 1. The summed E-state index contributed by atoms with van der Waals surface area (Å²) < 4.78 is 28.9. The average molecular weight is 279 g/mol. The largest absolute Gasteiger partial charge is 0.480 e. The van der Waals surface area contributed by atoms with Gasteiger partial charge in [-0.25, -0.2) is 0 Å². The molecule has 1 aromatic rings. The van der Waals surface area contributed by atoms with Gasteiger partial charge < -0.3 is 14.4 Å². The highest BCUT2D eigenvalue weighted by molar-refractivity contribution is 7.98. The number of amides is 1. The number of carbonyl (C=O) groups is 2. The van der Waals surface area contributed by atoms with E-state index < -0.39 is 24.2 Å². The monoisotopic (exact) mass is 279 g/mol. The third-order valence-corrected chi connectivity index (χ3v) is 2.65. The minimum Gasteiger partial charge on any atom is -0.480 e. The van der Waals surface area contributed by atoms with Crippen LogP contribution in [0, 0.1) is 0 Å². The lowest BCUT2D eigenvalue weighted by molar-refractivity contribution is -0.137. The van der Waals surface area contributed by atoms with Crippen molar-refractivity contribution >= 4 is 23.6 Å². The van der Waals surface area contributed by atoms with Crippen molar-refractivity contribution in [1.29, 1.82) is 0 Å². The zero-order chi connectivity index (χ0) is 13.7. The van der Waals surface area contributed by atoms with Crippen LogP contribution in [0.4, 0.5) is 8.78 Å². The lowest BCUT2D eigenvalue weighted by Gasteiger charge is -2.12. The van der Waals surface area contributed by atoms with Gasteiger partial charge in [0.2, 0.25) is 0 Å². The van der Waals surface area contributed by atoms with Gasteiger partial charge in [0.15, 0.2) is 5.76 Å². The highest BCUT2D eigenvalue weighted by Gasteiger charge is 2.18. The van der Waals surface area contributed by atoms with Gasteiger partial charge in [-0.05, 0) is 12.1 Å². The molecule has 1 aromatic heterocycles. The van der Waals surface area contributed by atoms with Crippen molar-refractivity contribution in [2.45, 2.75) is 11.5 Å². The number of likely N-dealkylation sites (N-methyl/N-ethyl adjacent to an activating group) is 1. The van der Waals surface area contributed by atoms with Gasteiger partial charge in [-0.2, -0.15) is 8.78 Å². The van der Waals surface area contributed by atoms with E-state index >= 15 is 0 Å². The van der Waals surface area contributed by atoms with Gasteiger partial charge in [0, 0.05) is 7.05 Å². The topological polar surface area (TPSA) is 70.8 Å². The predicted octanol–water partition coefficient (Wildman–Crippen LogP) is 1.89. The summed E-state index contributed by atoms with van der Waals surface area (Å²) in [6.07, 6.45) is 0. The van der Waals surface area contributed by atoms with Crippen molar-refractivity contribution in [1.82, 2.24) is 4.90 Å². The molecule has 1 rings (SSSR count). The fourth-order valence-electron chi connectivity index (χ4n) is 1.18. The molecule has 0 aliphatic rings. The molecule has 0 saturated carbocycles. The molecule has 0 saturated heterocycles. The first-order chi connectivity index (χ1) is 8.40. The Balaban J connectivity index is 2.61. The lowest BCUT2D eigenvalue weighted by atomic mass is 10.4. The molecule has 100 valence electrons. The Bertz CT molecular complexity index is 435. The number of carbonyl (C=O) groups excluding carboxylic acids is 1. The molecule has 0 bridgehead atoms. The molecule has 5 nitrogen and oxygen atoms in total. The molecule has 18 heavy (non-hydrogen) atoms. The molecule has 8 heteroatoms. The first-order valence-corrected chi connectivity index (χ1v) is 5.90. The summed E-state index contributed by atoms with van der Waals surface area (Å²) in [5.74, 6) is -4.13. The first kappa shape index (κ1) is 14.5. The summed E-state index contributed by atoms with van der Waals surface area (Å²) in [6.45, 7) is -0.458. The number of alkyl halides is 2. The van der Waals surface area contributed by atoms with Crippen molar-refractivity contribution in [2.75, 3.05) is 13.6 Å². The third kappa shape index (κ3) is 4.36. The number of rotatable bonds is 6. The summed E-state index contributed by atoms with van der Waals surface area (Å²) in [6, 6.07) is 2.75. The highest BCUT2D eigenvalue weighted by atomic mass is 32.2. The molecule has 0 radical (unpaired) electrons. The molecule has 0 fully saturated rings. The van der Waals surface area contributed by atoms with E-state index in [0.717, 1.165) is 4.90 Å². The molecule has 0 unspecified atom stereocenters. The van der Waals surface area contributed by atoms with E-state index in [1.807, 2.05) is 0 Å². The van der Waals surface area contributed by atoms with Gasteiger partial charge in [-0.3, -0.25) is 9.59 Å². The molecule has 0 aromatic carbocycles. The number of aliphatic carboxylic acids is 1. The number of halogens is 2. The van der Waals surface area contributed by atoms with Crippen molar-refractivity contribution in [3.8, 4) is 0 Å². The first-order valence-electron chi connectivity index (χ1n) is 4.86. The summed E-state index contributed by atoms with van der Waals surface area (Å²) >= 11 is 0.382. The Kier molecular flexibility index (Phi) is 5.14. The number of carboxylic acid groups (broad SMARTS) is 1. The number of thioether (sulfide) groups is 1. The second-order valence-corrected chi connectivity index (χ2v) is 4.37. The molecule has 1 N–H and O–H groups in total. The molecule has 1 amide bonds. The maximum Gasteiger partial charge on any atom is 0.323 e. The van der Waals surface area contributed by atoms with E-state index in [-0.39, 0.29) is 17.3 Å². The SMILES string of the molecule is CN(CC(=O)O)C(=O)c1ccc(CSC(F)F)o1. The predicted molar refractivity (Wildman–Crippen MR) is 60.6 cm³/mol. The maximum atomic E-state index is 11.9. The van der Waals surface area contributed by atoms with Gasteiger partial charge in [0.25, 0.3) is 11.7 Å². The minimum atomic E-state index is -2.51. The standard InChI is InChI=1S/C10H11F2NO4S/c1-13(4-8(14)15)9(16)7-3-2-6(17-7)5-18-10(11)12/h2-3,10H,4-5H2,1H3,(H,14,15). The number of hydrogen-bond donors (Lipinski definition) is 1. The third-order valence-electron chi connectivity index (χ3n) is 1.94. The lowest BCUT2D eigenvalue weighted by Crippen LogP contribution is -2.31. The molecule has 1 heterocycles. The fourth-order valence-corrected chi connectivity index (χ4v) is 1.62. The molecule has 0 aliphatic carbocycles. The van der Waals surface area contributed by atoms with E-state index in [1.54, 1.807) is 0 Å². The average Bonchev–Trinajstić information content (AvgIpc) is 2.72. The van der Waals surface area contributed by atoms with Crippen LogP contribution < -0.4 is 0 Å². The van der Waals surface area contributed by atoms with E-state index in [1.165, 1.54) is 19.2 Å². The van der Waals surface area contributed by atoms with Gasteiger partial charge in [-0.1, -0.05) is 11.8 Å². The van der Waals surface area contributed by atoms with E-state index in [2.05, 4.69) is 0 Å². The number of hydrogen-bond acceptors (Lipinski definition) is 4. The normalized spacial score (nSPS) is 10.7. The second kappa shape index (κ2) is 6.39. The van der Waals surface area contributed by atoms with E-state index in [9.17, 15) is 18.4 Å². The van der Waals surface area contributed by atoms with Crippen LogP contribution in [0.5, 0.6) is 0 Å². The van der Waals surface area contributed by atoms with E-state index in [0.29, 0.717) is 11.8 Å². The van der Waals surface area contributed by atoms with Crippen LogP contribution in [0.2, 0.25) is 0 Å². The van der Waals surface area contributed by atoms with Gasteiger partial charge >= 0.3 is 5.97 Å². The molecule has 0 atom stereocenters. The van der Waals surface area contributed by atoms with Crippen LogP contribution in [-0.2, 0) is 10.5 Å². The second-order valence-electron chi connectivity index (χ2n) is 3.39. The van der Waals surface area contributed by atoms with Gasteiger partial charge in [0.05, 0.1) is 5.75 Å². The Labute approximate surface area is 106 Å². The molecule has 0 aliphatic heterocycles. The van der Waals surface area contributed by atoms with Crippen molar-refractivity contribution in [3.05, 3.63) is 23.7 Å².